The molecule has 0 aliphatic heterocycles. The van der Waals surface area contributed by atoms with Gasteiger partial charge in [-0.1, -0.05) is 42.0 Å². The number of benzene rings is 2. The summed E-state index contributed by atoms with van der Waals surface area (Å²) in [7, 11) is 1.57. The number of nitrogens with one attached hydrogen (secondary N) is 1. The Kier molecular flexibility index (Phi) is 8.57. The maximum absolute atomic E-state index is 13.3. The number of hydrogen-bond donors (Lipinski definition) is 1. The molecule has 1 N–H and O–H groups in total. The smallest absolute Gasteiger partial charge is 0.247 e. The molecule has 2 amide bonds. The van der Waals surface area contributed by atoms with Crippen molar-refractivity contribution in [1.29, 1.82) is 0 Å². The summed E-state index contributed by atoms with van der Waals surface area (Å²) in [6, 6.07) is 13.0. The van der Waals surface area contributed by atoms with Gasteiger partial charge in [-0.15, -0.1) is 0 Å². The van der Waals surface area contributed by atoms with Crippen LogP contribution >= 0.6 is 0 Å². The van der Waals surface area contributed by atoms with E-state index < -0.39 is 17.5 Å². The SMILES string of the molecule is COc1ccc(C(C(=O)NC(C)(C)C)N(C(=O)/C=C/C(=O)c2ccc(C)cc2)C(C)C)cc1. The molecule has 2 rings (SSSR count). The van der Waals surface area contributed by atoms with Crippen LogP contribution in [0.15, 0.2) is 60.7 Å². The number of rotatable bonds is 8. The predicted octanol–water partition coefficient (Wildman–Crippen LogP) is 4.64. The van der Waals surface area contributed by atoms with E-state index in [1.54, 1.807) is 43.5 Å². The lowest BCUT2D eigenvalue weighted by molar-refractivity contribution is -0.140. The van der Waals surface area contributed by atoms with Gasteiger partial charge < -0.3 is 15.0 Å². The molecule has 6 heteroatoms. The van der Waals surface area contributed by atoms with E-state index in [4.69, 9.17) is 4.74 Å². The van der Waals surface area contributed by atoms with E-state index in [0.29, 0.717) is 16.9 Å². The van der Waals surface area contributed by atoms with Crippen molar-refractivity contribution in [2.45, 2.75) is 59.2 Å². The first kappa shape index (κ1) is 25.8. The average Bonchev–Trinajstić information content (AvgIpc) is 2.74. The van der Waals surface area contributed by atoms with Crippen LogP contribution in [-0.2, 0) is 9.59 Å². The van der Waals surface area contributed by atoms with Gasteiger partial charge in [0.15, 0.2) is 5.78 Å². The molecule has 6 nitrogen and oxygen atoms in total. The molecule has 2 aromatic rings. The number of nitrogens with zero attached hydrogens (tertiary/aromatic N) is 1. The number of ether oxygens (including phenoxy) is 1. The Hall–Kier alpha value is -3.41. The van der Waals surface area contributed by atoms with Gasteiger partial charge in [-0.2, -0.15) is 0 Å². The molecule has 0 saturated carbocycles. The predicted molar refractivity (Wildman–Crippen MR) is 130 cm³/mol. The van der Waals surface area contributed by atoms with Gasteiger partial charge in [-0.3, -0.25) is 14.4 Å². The fourth-order valence-electron chi connectivity index (χ4n) is 3.39. The molecular formula is C27H34N2O4. The van der Waals surface area contributed by atoms with E-state index in [0.717, 1.165) is 5.56 Å². The molecule has 0 aliphatic rings. The molecule has 0 spiro atoms. The highest BCUT2D eigenvalue weighted by atomic mass is 16.5. The van der Waals surface area contributed by atoms with Crippen LogP contribution in [0.1, 0.15) is 62.1 Å². The molecule has 1 unspecified atom stereocenters. The molecule has 33 heavy (non-hydrogen) atoms. The summed E-state index contributed by atoms with van der Waals surface area (Å²) >= 11 is 0. The lowest BCUT2D eigenvalue weighted by atomic mass is 10.00. The summed E-state index contributed by atoms with van der Waals surface area (Å²) in [5.41, 5.74) is 1.71. The van der Waals surface area contributed by atoms with Crippen LogP contribution in [0.5, 0.6) is 5.75 Å². The maximum Gasteiger partial charge on any atom is 0.247 e. The standard InChI is InChI=1S/C27H34N2O4/c1-18(2)29(24(31)17-16-23(30)20-10-8-19(3)9-11-20)25(26(32)28-27(4,5)6)21-12-14-22(33-7)15-13-21/h8-18,25H,1-7H3,(H,28,32)/b17-16+. The molecule has 1 atom stereocenters. The highest BCUT2D eigenvalue weighted by Gasteiger charge is 2.34. The van der Waals surface area contributed by atoms with E-state index in [2.05, 4.69) is 5.32 Å². The number of hydrogen-bond acceptors (Lipinski definition) is 4. The van der Waals surface area contributed by atoms with E-state index in [-0.39, 0.29) is 17.7 Å². The summed E-state index contributed by atoms with van der Waals surface area (Å²) < 4.78 is 5.23. The van der Waals surface area contributed by atoms with Crippen LogP contribution in [0.3, 0.4) is 0 Å². The summed E-state index contributed by atoms with van der Waals surface area (Å²) in [6.45, 7) is 11.3. The van der Waals surface area contributed by atoms with Gasteiger partial charge in [0.1, 0.15) is 11.8 Å². The Balaban J connectivity index is 2.40. The zero-order valence-corrected chi connectivity index (χ0v) is 20.5. The first-order valence-electron chi connectivity index (χ1n) is 11.0. The second kappa shape index (κ2) is 10.9. The fraction of sp³-hybridized carbons (Fsp3) is 0.370. The van der Waals surface area contributed by atoms with Crippen molar-refractivity contribution in [2.75, 3.05) is 7.11 Å². The zero-order chi connectivity index (χ0) is 24.8. The highest BCUT2D eigenvalue weighted by molar-refractivity contribution is 6.08. The molecule has 2 aromatic carbocycles. The van der Waals surface area contributed by atoms with Crippen LogP contribution in [0.4, 0.5) is 0 Å². The first-order chi connectivity index (χ1) is 15.4. The van der Waals surface area contributed by atoms with Crippen LogP contribution < -0.4 is 10.1 Å². The Bertz CT molecular complexity index is 1000. The monoisotopic (exact) mass is 450 g/mol. The number of carbonyl (C=O) groups excluding carboxylic acids is 3. The number of allylic oxidation sites excluding steroid dienone is 1. The van der Waals surface area contributed by atoms with Gasteiger partial charge >= 0.3 is 0 Å². The third-order valence-electron chi connectivity index (χ3n) is 4.98. The molecule has 0 fully saturated rings. The van der Waals surface area contributed by atoms with Crippen LogP contribution in [0.2, 0.25) is 0 Å². The molecule has 0 saturated heterocycles. The van der Waals surface area contributed by atoms with Gasteiger partial charge in [0.25, 0.3) is 0 Å². The number of ketones is 1. The Morgan fingerprint density at radius 3 is 2.00 bits per heavy atom. The molecule has 0 heterocycles. The molecule has 0 bridgehead atoms. The molecule has 0 aliphatic carbocycles. The van der Waals surface area contributed by atoms with Gasteiger partial charge in [-0.25, -0.2) is 0 Å². The lowest BCUT2D eigenvalue weighted by Gasteiger charge is -2.35. The molecule has 176 valence electrons. The van der Waals surface area contributed by atoms with Crippen molar-refractivity contribution in [3.63, 3.8) is 0 Å². The van der Waals surface area contributed by atoms with Crippen molar-refractivity contribution < 1.29 is 19.1 Å². The molecular weight excluding hydrogens is 416 g/mol. The maximum atomic E-state index is 13.3. The van der Waals surface area contributed by atoms with Crippen molar-refractivity contribution in [3.05, 3.63) is 77.4 Å². The lowest BCUT2D eigenvalue weighted by Crippen LogP contribution is -2.50. The van der Waals surface area contributed by atoms with E-state index in [1.165, 1.54) is 17.1 Å². The number of methoxy groups -OCH3 is 1. The minimum absolute atomic E-state index is 0.271. The van der Waals surface area contributed by atoms with Crippen LogP contribution in [0.25, 0.3) is 0 Å². The zero-order valence-electron chi connectivity index (χ0n) is 20.5. The Morgan fingerprint density at radius 1 is 0.939 bits per heavy atom. The van der Waals surface area contributed by atoms with Gasteiger partial charge in [0, 0.05) is 23.2 Å². The Labute approximate surface area is 196 Å². The summed E-state index contributed by atoms with van der Waals surface area (Å²) in [4.78, 5) is 40.6. The van der Waals surface area contributed by atoms with Crippen LogP contribution in [0, 0.1) is 6.92 Å². The Morgan fingerprint density at radius 2 is 1.52 bits per heavy atom. The van der Waals surface area contributed by atoms with Crippen molar-refractivity contribution >= 4 is 17.6 Å². The molecule has 0 radical (unpaired) electrons. The van der Waals surface area contributed by atoms with Crippen molar-refractivity contribution in [1.82, 2.24) is 10.2 Å². The topological polar surface area (TPSA) is 75.7 Å². The number of aryl methyl sites for hydroxylation is 1. The third-order valence-corrected chi connectivity index (χ3v) is 4.98. The van der Waals surface area contributed by atoms with E-state index in [1.807, 2.05) is 53.7 Å². The van der Waals surface area contributed by atoms with E-state index >= 15 is 0 Å². The van der Waals surface area contributed by atoms with Crippen molar-refractivity contribution in [3.8, 4) is 5.75 Å². The first-order valence-corrected chi connectivity index (χ1v) is 11.0. The fourth-order valence-corrected chi connectivity index (χ4v) is 3.39. The highest BCUT2D eigenvalue weighted by Crippen LogP contribution is 2.27. The normalized spacial score (nSPS) is 12.5. The minimum atomic E-state index is -0.873. The average molecular weight is 451 g/mol. The third kappa shape index (κ3) is 7.31. The molecule has 0 aromatic heterocycles. The van der Waals surface area contributed by atoms with Gasteiger partial charge in [0.05, 0.1) is 7.11 Å². The summed E-state index contributed by atoms with van der Waals surface area (Å²) in [5, 5.41) is 2.98. The summed E-state index contributed by atoms with van der Waals surface area (Å²) in [5.74, 6) is -0.338. The second-order valence-electron chi connectivity index (χ2n) is 9.32. The van der Waals surface area contributed by atoms with E-state index in [9.17, 15) is 14.4 Å². The van der Waals surface area contributed by atoms with Gasteiger partial charge in [-0.05, 0) is 65.3 Å². The number of carbonyl (C=O) groups is 3. The van der Waals surface area contributed by atoms with Gasteiger partial charge in [0.2, 0.25) is 11.8 Å². The minimum Gasteiger partial charge on any atom is -0.497 e. The second-order valence-corrected chi connectivity index (χ2v) is 9.32. The quantitative estimate of drug-likeness (QED) is 0.470. The van der Waals surface area contributed by atoms with Crippen LogP contribution in [-0.4, -0.2) is 41.2 Å². The largest absolute Gasteiger partial charge is 0.497 e. The summed E-state index contributed by atoms with van der Waals surface area (Å²) in [6.07, 6.45) is 2.50. The number of amides is 2. The van der Waals surface area contributed by atoms with Crippen molar-refractivity contribution in [2.24, 2.45) is 0 Å².